The maximum atomic E-state index is 8.92. The Labute approximate surface area is 104 Å². The highest BCUT2D eigenvalue weighted by Gasteiger charge is 2.14. The van der Waals surface area contributed by atoms with Gasteiger partial charge in [-0.3, -0.25) is 4.68 Å². The van der Waals surface area contributed by atoms with Crippen LogP contribution in [0.1, 0.15) is 11.4 Å². The second kappa shape index (κ2) is 3.74. The van der Waals surface area contributed by atoms with Gasteiger partial charge < -0.3 is 4.98 Å². The van der Waals surface area contributed by atoms with Gasteiger partial charge in [0.05, 0.1) is 5.69 Å². The van der Waals surface area contributed by atoms with Crippen LogP contribution >= 0.6 is 0 Å². The van der Waals surface area contributed by atoms with Crippen LogP contribution in [0.15, 0.2) is 30.3 Å². The van der Waals surface area contributed by atoms with E-state index in [9.17, 15) is 0 Å². The number of H-pyrrole nitrogens is 1. The van der Waals surface area contributed by atoms with E-state index in [4.69, 9.17) is 5.26 Å². The molecule has 2 aromatic heterocycles. The van der Waals surface area contributed by atoms with Crippen molar-refractivity contribution in [1.82, 2.24) is 14.8 Å². The number of para-hydroxylation sites is 1. The molecule has 4 nitrogen and oxygen atoms in total. The minimum Gasteiger partial charge on any atom is -0.358 e. The molecule has 1 aromatic carbocycles. The molecule has 4 heteroatoms. The second-order valence-electron chi connectivity index (χ2n) is 4.32. The molecule has 3 aromatic rings. The zero-order valence-electron chi connectivity index (χ0n) is 10.2. The number of aryl methyl sites for hydroxylation is 2. The Morgan fingerprint density at radius 2 is 2.11 bits per heavy atom. The summed E-state index contributed by atoms with van der Waals surface area (Å²) in [5, 5.41) is 14.3. The minimum atomic E-state index is 0.442. The smallest absolute Gasteiger partial charge is 0.163 e. The van der Waals surface area contributed by atoms with Crippen LogP contribution in [0.2, 0.25) is 0 Å². The van der Waals surface area contributed by atoms with Crippen molar-refractivity contribution >= 4 is 10.9 Å². The lowest BCUT2D eigenvalue weighted by Crippen LogP contribution is -1.94. The van der Waals surface area contributed by atoms with E-state index in [1.54, 1.807) is 4.68 Å². The van der Waals surface area contributed by atoms with E-state index in [0.29, 0.717) is 5.69 Å². The standard InChI is InChI=1S/C14H12N4/c1-9-14(11-5-3-4-6-12(11)16-9)13-7-10(8-15)17-18(13)2/h3-7,16H,1-2H3. The summed E-state index contributed by atoms with van der Waals surface area (Å²) >= 11 is 0. The number of benzene rings is 1. The molecule has 3 rings (SSSR count). The van der Waals surface area contributed by atoms with E-state index >= 15 is 0 Å². The van der Waals surface area contributed by atoms with Crippen molar-refractivity contribution in [3.63, 3.8) is 0 Å². The molecule has 2 heterocycles. The van der Waals surface area contributed by atoms with Gasteiger partial charge in [0.25, 0.3) is 0 Å². The summed E-state index contributed by atoms with van der Waals surface area (Å²) in [6.07, 6.45) is 0. The normalized spacial score (nSPS) is 10.7. The monoisotopic (exact) mass is 236 g/mol. The van der Waals surface area contributed by atoms with Gasteiger partial charge >= 0.3 is 0 Å². The average Bonchev–Trinajstić information content (AvgIpc) is 2.88. The van der Waals surface area contributed by atoms with Crippen LogP contribution in [0.25, 0.3) is 22.2 Å². The molecule has 0 amide bonds. The largest absolute Gasteiger partial charge is 0.358 e. The molecule has 0 aliphatic rings. The first-order valence-corrected chi connectivity index (χ1v) is 5.72. The molecule has 0 saturated heterocycles. The molecule has 0 aliphatic heterocycles. The van der Waals surface area contributed by atoms with Gasteiger partial charge in [-0.25, -0.2) is 0 Å². The summed E-state index contributed by atoms with van der Waals surface area (Å²) in [7, 11) is 1.86. The quantitative estimate of drug-likeness (QED) is 0.706. The molecule has 88 valence electrons. The van der Waals surface area contributed by atoms with Crippen LogP contribution < -0.4 is 0 Å². The Bertz CT molecular complexity index is 771. The van der Waals surface area contributed by atoms with E-state index < -0.39 is 0 Å². The van der Waals surface area contributed by atoms with Crippen LogP contribution in [0.3, 0.4) is 0 Å². The van der Waals surface area contributed by atoms with E-state index in [-0.39, 0.29) is 0 Å². The molecule has 0 radical (unpaired) electrons. The van der Waals surface area contributed by atoms with Gasteiger partial charge in [0.15, 0.2) is 5.69 Å². The average molecular weight is 236 g/mol. The number of nitrogens with one attached hydrogen (secondary N) is 1. The molecular formula is C14H12N4. The Hall–Kier alpha value is -2.54. The van der Waals surface area contributed by atoms with Crippen molar-refractivity contribution in [3.05, 3.63) is 41.7 Å². The fourth-order valence-corrected chi connectivity index (χ4v) is 2.36. The molecule has 0 aliphatic carbocycles. The van der Waals surface area contributed by atoms with Gasteiger partial charge in [-0.15, -0.1) is 0 Å². The second-order valence-corrected chi connectivity index (χ2v) is 4.32. The van der Waals surface area contributed by atoms with Gasteiger partial charge in [-0.05, 0) is 13.0 Å². The maximum Gasteiger partial charge on any atom is 0.163 e. The van der Waals surface area contributed by atoms with Crippen LogP contribution in [0.5, 0.6) is 0 Å². The first-order valence-electron chi connectivity index (χ1n) is 5.72. The summed E-state index contributed by atoms with van der Waals surface area (Å²) in [6.45, 7) is 2.04. The topological polar surface area (TPSA) is 57.4 Å². The third kappa shape index (κ3) is 1.41. The fraction of sp³-hybridized carbons (Fsp3) is 0.143. The summed E-state index contributed by atoms with van der Waals surface area (Å²) in [6, 6.07) is 12.0. The third-order valence-corrected chi connectivity index (χ3v) is 3.14. The van der Waals surface area contributed by atoms with E-state index in [0.717, 1.165) is 27.9 Å². The zero-order valence-corrected chi connectivity index (χ0v) is 10.2. The van der Waals surface area contributed by atoms with Gasteiger partial charge in [0.2, 0.25) is 0 Å². The molecular weight excluding hydrogens is 224 g/mol. The van der Waals surface area contributed by atoms with Crippen molar-refractivity contribution in [2.75, 3.05) is 0 Å². The van der Waals surface area contributed by atoms with E-state index in [1.165, 1.54) is 0 Å². The lowest BCUT2D eigenvalue weighted by molar-refractivity contribution is 0.771. The predicted molar refractivity (Wildman–Crippen MR) is 70.0 cm³/mol. The van der Waals surface area contributed by atoms with E-state index in [2.05, 4.69) is 22.2 Å². The molecule has 0 fully saturated rings. The summed E-state index contributed by atoms with van der Waals surface area (Å²) in [5.74, 6) is 0. The number of rotatable bonds is 1. The molecule has 1 N–H and O–H groups in total. The highest BCUT2D eigenvalue weighted by atomic mass is 15.3. The Morgan fingerprint density at radius 1 is 1.33 bits per heavy atom. The number of hydrogen-bond donors (Lipinski definition) is 1. The van der Waals surface area contributed by atoms with Crippen LogP contribution in [0.4, 0.5) is 0 Å². The third-order valence-electron chi connectivity index (χ3n) is 3.14. The number of aromatic nitrogens is 3. The van der Waals surface area contributed by atoms with Crippen LogP contribution in [0, 0.1) is 18.3 Å². The van der Waals surface area contributed by atoms with E-state index in [1.807, 2.05) is 38.2 Å². The summed E-state index contributed by atoms with van der Waals surface area (Å²) in [5.41, 5.74) is 4.70. The SMILES string of the molecule is Cc1[nH]c2ccccc2c1-c1cc(C#N)nn1C. The van der Waals surface area contributed by atoms with Crippen molar-refractivity contribution in [3.8, 4) is 17.3 Å². The highest BCUT2D eigenvalue weighted by molar-refractivity contribution is 5.96. The Balaban J connectivity index is 2.34. The molecule has 18 heavy (non-hydrogen) atoms. The first-order chi connectivity index (χ1) is 8.70. The zero-order chi connectivity index (χ0) is 12.7. The molecule has 0 saturated carbocycles. The van der Waals surface area contributed by atoms with Crippen molar-refractivity contribution in [2.24, 2.45) is 7.05 Å². The molecule has 0 bridgehead atoms. The number of aromatic amines is 1. The van der Waals surface area contributed by atoms with Crippen molar-refractivity contribution < 1.29 is 0 Å². The van der Waals surface area contributed by atoms with Gasteiger partial charge in [0.1, 0.15) is 6.07 Å². The number of hydrogen-bond acceptors (Lipinski definition) is 2. The Morgan fingerprint density at radius 3 is 2.83 bits per heavy atom. The lowest BCUT2D eigenvalue weighted by Gasteiger charge is -2.01. The summed E-state index contributed by atoms with van der Waals surface area (Å²) < 4.78 is 1.75. The number of fused-ring (bicyclic) bond motifs is 1. The number of nitrogens with zero attached hydrogens (tertiary/aromatic N) is 3. The highest BCUT2D eigenvalue weighted by Crippen LogP contribution is 2.31. The van der Waals surface area contributed by atoms with Crippen molar-refractivity contribution in [1.29, 1.82) is 5.26 Å². The fourth-order valence-electron chi connectivity index (χ4n) is 2.36. The van der Waals surface area contributed by atoms with Gasteiger partial charge in [-0.1, -0.05) is 18.2 Å². The predicted octanol–water partition coefficient (Wildman–Crippen LogP) is 2.75. The lowest BCUT2D eigenvalue weighted by atomic mass is 10.1. The molecule has 0 unspecified atom stereocenters. The van der Waals surface area contributed by atoms with Crippen LogP contribution in [-0.2, 0) is 7.05 Å². The first kappa shape index (κ1) is 10.6. The summed E-state index contributed by atoms with van der Waals surface area (Å²) in [4.78, 5) is 3.36. The van der Waals surface area contributed by atoms with Crippen molar-refractivity contribution in [2.45, 2.75) is 6.92 Å². The van der Waals surface area contributed by atoms with Gasteiger partial charge in [0, 0.05) is 35.3 Å². The Kier molecular flexibility index (Phi) is 2.20. The maximum absolute atomic E-state index is 8.92. The van der Waals surface area contributed by atoms with Gasteiger partial charge in [-0.2, -0.15) is 10.4 Å². The molecule has 0 spiro atoms. The van der Waals surface area contributed by atoms with Crippen LogP contribution in [-0.4, -0.2) is 14.8 Å². The minimum absolute atomic E-state index is 0.442. The molecule has 0 atom stereocenters. The number of nitriles is 1.